The Morgan fingerprint density at radius 1 is 0.596 bits per heavy atom. The first kappa shape index (κ1) is 36.1. The molecule has 3 heterocycles. The summed E-state index contributed by atoms with van der Waals surface area (Å²) in [6.45, 7) is 7.41. The normalized spacial score (nSPS) is 13.4. The molecule has 0 atom stereocenters. The third-order valence-electron chi connectivity index (χ3n) is 8.47. The molecule has 2 aromatic heterocycles. The number of barbiturate groups is 1. The predicted molar refractivity (Wildman–Crippen MR) is 185 cm³/mol. The average Bonchev–Trinajstić information content (AvgIpc) is 3.40. The van der Waals surface area contributed by atoms with Crippen LogP contribution in [0.1, 0.15) is 38.1 Å². The van der Waals surface area contributed by atoms with E-state index in [0.29, 0.717) is 12.8 Å². The number of hydrogen-bond acceptors (Lipinski definition) is 7. The van der Waals surface area contributed by atoms with E-state index >= 15 is 0 Å². The number of nitrogens with zero attached hydrogens (tertiary/aromatic N) is 6. The Kier molecular flexibility index (Phi) is 11.4. The Hall–Kier alpha value is -5.33. The number of carbonyl (C=O) groups is 3. The number of benzene rings is 2. The number of urea groups is 1. The lowest BCUT2D eigenvalue weighted by Gasteiger charge is -2.31. The molecule has 1 aliphatic rings. The second-order valence-corrected chi connectivity index (χ2v) is 11.6. The zero-order valence-corrected chi connectivity index (χ0v) is 28.9. The highest BCUT2D eigenvalue weighted by atomic mass is 16.2. The molecule has 0 aliphatic carbocycles. The molecule has 1 saturated heterocycles. The van der Waals surface area contributed by atoms with Gasteiger partial charge in [-0.1, -0.05) is 50.2 Å². The van der Waals surface area contributed by atoms with Gasteiger partial charge in [0.25, 0.3) is 11.1 Å². The maximum atomic E-state index is 12.4. The summed E-state index contributed by atoms with van der Waals surface area (Å²) in [7, 11) is 11.4. The molecule has 0 radical (unpaired) electrons. The molecule has 13 heteroatoms. The van der Waals surface area contributed by atoms with Gasteiger partial charge >= 0.3 is 6.03 Å². The number of anilines is 2. The van der Waals surface area contributed by atoms with Crippen LogP contribution in [0.15, 0.2) is 70.3 Å². The molecule has 2 N–H and O–H groups in total. The number of rotatable bonds is 6. The molecule has 0 unspecified atom stereocenters. The lowest BCUT2D eigenvalue weighted by atomic mass is 9.79. The highest BCUT2D eigenvalue weighted by Crippen LogP contribution is 2.28. The fourth-order valence-corrected chi connectivity index (χ4v) is 5.61. The molecule has 252 valence electrons. The maximum absolute atomic E-state index is 12.4. The fraction of sp³-hybridized carbons (Fsp3) is 0.382. The summed E-state index contributed by atoms with van der Waals surface area (Å²) in [6, 6.07) is 18.6. The lowest BCUT2D eigenvalue weighted by Crippen LogP contribution is -2.61. The van der Waals surface area contributed by atoms with E-state index in [0.717, 1.165) is 34.1 Å². The van der Waals surface area contributed by atoms with Gasteiger partial charge in [-0.3, -0.25) is 39.2 Å². The molecular weight excluding hydrogens is 600 g/mol. The minimum Gasteiger partial charge on any atom is -0.372 e. The third kappa shape index (κ3) is 7.08. The number of carbonyl (C=O) groups excluding carboxylic acids is 3. The zero-order valence-electron chi connectivity index (χ0n) is 28.9. The van der Waals surface area contributed by atoms with Crippen LogP contribution in [0, 0.1) is 19.3 Å². The van der Waals surface area contributed by atoms with Crippen molar-refractivity contribution in [2.75, 3.05) is 38.0 Å². The van der Waals surface area contributed by atoms with Gasteiger partial charge in [0, 0.05) is 42.3 Å². The highest BCUT2D eigenvalue weighted by Gasteiger charge is 2.47. The number of para-hydroxylation sites is 2. The minimum absolute atomic E-state index is 0.0150. The molecule has 13 nitrogen and oxygen atoms in total. The van der Waals surface area contributed by atoms with Crippen molar-refractivity contribution < 1.29 is 14.4 Å². The van der Waals surface area contributed by atoms with Gasteiger partial charge < -0.3 is 9.80 Å². The molecule has 4 amide bonds. The summed E-state index contributed by atoms with van der Waals surface area (Å²) in [6.07, 6.45) is 0.795. The summed E-state index contributed by atoms with van der Waals surface area (Å²) in [5, 5.41) is 4.19. The Balaban J connectivity index is 0.000000194. The van der Waals surface area contributed by atoms with E-state index in [1.54, 1.807) is 23.2 Å². The van der Waals surface area contributed by atoms with Gasteiger partial charge in [0.15, 0.2) is 0 Å². The van der Waals surface area contributed by atoms with Crippen molar-refractivity contribution in [1.29, 1.82) is 0 Å². The van der Waals surface area contributed by atoms with Gasteiger partial charge in [0.2, 0.25) is 11.8 Å². The van der Waals surface area contributed by atoms with Gasteiger partial charge in [0.05, 0.1) is 22.8 Å². The van der Waals surface area contributed by atoms with Crippen LogP contribution < -0.4 is 31.6 Å². The second-order valence-electron chi connectivity index (χ2n) is 11.6. The molecule has 47 heavy (non-hydrogen) atoms. The molecule has 4 aromatic rings. The third-order valence-corrected chi connectivity index (χ3v) is 8.47. The van der Waals surface area contributed by atoms with Crippen LogP contribution in [-0.4, -0.2) is 64.8 Å². The van der Waals surface area contributed by atoms with Gasteiger partial charge in [0.1, 0.15) is 16.8 Å². The Bertz CT molecular complexity index is 1710. The minimum atomic E-state index is -1.06. The predicted octanol–water partition coefficient (Wildman–Crippen LogP) is 3.26. The summed E-state index contributed by atoms with van der Waals surface area (Å²) in [5.41, 5.74) is 4.13. The number of imide groups is 2. The van der Waals surface area contributed by atoms with Crippen molar-refractivity contribution in [3.8, 4) is 11.4 Å². The zero-order chi connectivity index (χ0) is 35.2. The van der Waals surface area contributed by atoms with Crippen LogP contribution >= 0.6 is 0 Å². The molecule has 0 saturated carbocycles. The van der Waals surface area contributed by atoms with E-state index in [4.69, 9.17) is 0 Å². The monoisotopic (exact) mass is 646 g/mol. The molecule has 1 aliphatic heterocycles. The SMILES string of the molecule is CCC1(CC)C(=O)NC(=O)NC1=O.Cc1c(N(C)C)c(=O)n(-c2ccccc2)n1C.Cc1c(N(C)C)c(=O)n(-c2ccccc2)n1C. The van der Waals surface area contributed by atoms with Crippen LogP contribution in [0.2, 0.25) is 0 Å². The Morgan fingerprint density at radius 3 is 1.17 bits per heavy atom. The van der Waals surface area contributed by atoms with Crippen molar-refractivity contribution in [3.63, 3.8) is 0 Å². The number of hydrogen-bond donors (Lipinski definition) is 2. The van der Waals surface area contributed by atoms with E-state index in [-0.39, 0.29) is 11.1 Å². The van der Waals surface area contributed by atoms with Gasteiger partial charge in [-0.25, -0.2) is 14.2 Å². The van der Waals surface area contributed by atoms with E-state index < -0.39 is 23.3 Å². The highest BCUT2D eigenvalue weighted by molar-refractivity contribution is 6.19. The first-order valence-electron chi connectivity index (χ1n) is 15.3. The van der Waals surface area contributed by atoms with Crippen LogP contribution in [0.25, 0.3) is 11.4 Å². The van der Waals surface area contributed by atoms with Crippen LogP contribution in [0.5, 0.6) is 0 Å². The van der Waals surface area contributed by atoms with Crippen LogP contribution in [0.3, 0.4) is 0 Å². The quantitative estimate of drug-likeness (QED) is 0.307. The molecule has 1 fully saturated rings. The number of amides is 4. The summed E-state index contributed by atoms with van der Waals surface area (Å²) in [5.74, 6) is -0.988. The van der Waals surface area contributed by atoms with E-state index in [2.05, 4.69) is 10.6 Å². The topological polar surface area (TPSA) is 136 Å². The van der Waals surface area contributed by atoms with E-state index in [1.807, 2.05) is 136 Å². The van der Waals surface area contributed by atoms with Crippen molar-refractivity contribution in [3.05, 3.63) is 92.8 Å². The van der Waals surface area contributed by atoms with Gasteiger partial charge in [-0.2, -0.15) is 0 Å². The molecule has 2 aromatic carbocycles. The number of nitrogens with one attached hydrogen (secondary N) is 2. The van der Waals surface area contributed by atoms with Gasteiger partial charge in [-0.15, -0.1) is 0 Å². The smallest absolute Gasteiger partial charge is 0.328 e. The molecule has 0 spiro atoms. The second kappa shape index (κ2) is 14.8. The molecular formula is C34H46N8O5. The summed E-state index contributed by atoms with van der Waals surface area (Å²) in [4.78, 5) is 62.0. The standard InChI is InChI=1S/2C13H17N3O.C8H12N2O3/c2*1-10-12(14(2)3)13(17)16(15(10)4)11-8-6-5-7-9-11;1-3-8(4-2)5(11)9-7(13)10-6(8)12/h2*5-9H,1-4H3;3-4H2,1-2H3,(H2,9,10,11,12,13). The van der Waals surface area contributed by atoms with Crippen molar-refractivity contribution in [2.24, 2.45) is 19.5 Å². The van der Waals surface area contributed by atoms with Crippen molar-refractivity contribution >= 4 is 29.2 Å². The van der Waals surface area contributed by atoms with Crippen LogP contribution in [0.4, 0.5) is 16.2 Å². The largest absolute Gasteiger partial charge is 0.372 e. The first-order valence-corrected chi connectivity index (χ1v) is 15.3. The fourth-order valence-electron chi connectivity index (χ4n) is 5.61. The Labute approximate surface area is 275 Å². The first-order chi connectivity index (χ1) is 22.1. The average molecular weight is 647 g/mol. The number of aromatic nitrogens is 4. The van der Waals surface area contributed by atoms with E-state index in [1.165, 1.54) is 0 Å². The Morgan fingerprint density at radius 2 is 0.915 bits per heavy atom. The van der Waals surface area contributed by atoms with E-state index in [9.17, 15) is 24.0 Å². The molecule has 5 rings (SSSR count). The van der Waals surface area contributed by atoms with Crippen molar-refractivity contribution in [1.82, 2.24) is 29.4 Å². The summed E-state index contributed by atoms with van der Waals surface area (Å²) < 4.78 is 7.13. The van der Waals surface area contributed by atoms with Crippen molar-refractivity contribution in [2.45, 2.75) is 40.5 Å². The van der Waals surface area contributed by atoms with Gasteiger partial charge in [-0.05, 0) is 51.0 Å². The maximum Gasteiger partial charge on any atom is 0.328 e. The molecule has 0 bridgehead atoms. The lowest BCUT2D eigenvalue weighted by molar-refractivity contribution is -0.144. The summed E-state index contributed by atoms with van der Waals surface area (Å²) >= 11 is 0. The van der Waals surface area contributed by atoms with Crippen LogP contribution in [-0.2, 0) is 23.7 Å².